The first-order valence-corrected chi connectivity index (χ1v) is 12.2. The fraction of sp³-hybridized carbons (Fsp3) is 0.519. The predicted octanol–water partition coefficient (Wildman–Crippen LogP) is 4.58. The van der Waals surface area contributed by atoms with Crippen LogP contribution in [0.4, 0.5) is 4.79 Å². The summed E-state index contributed by atoms with van der Waals surface area (Å²) >= 11 is 0. The van der Waals surface area contributed by atoms with Gasteiger partial charge in [0.1, 0.15) is 5.60 Å². The van der Waals surface area contributed by atoms with Crippen LogP contribution in [0.3, 0.4) is 0 Å². The molecule has 1 fully saturated rings. The number of benzene rings is 1. The van der Waals surface area contributed by atoms with Gasteiger partial charge in [-0.05, 0) is 82.9 Å². The van der Waals surface area contributed by atoms with E-state index in [9.17, 15) is 9.59 Å². The minimum absolute atomic E-state index is 0.0703. The number of ether oxygens (including phenoxy) is 1. The highest BCUT2D eigenvalue weighted by atomic mass is 16.6. The van der Waals surface area contributed by atoms with Crippen LogP contribution in [0.5, 0.6) is 0 Å². The van der Waals surface area contributed by atoms with Gasteiger partial charge in [0.2, 0.25) is 0 Å². The number of carbonyl (C=O) groups excluding carboxylic acids is 2. The quantitative estimate of drug-likeness (QED) is 0.554. The monoisotopic (exact) mass is 466 g/mol. The number of amides is 2. The summed E-state index contributed by atoms with van der Waals surface area (Å²) in [5.41, 5.74) is 9.45. The summed E-state index contributed by atoms with van der Waals surface area (Å²) in [5, 5.41) is 5.99. The van der Waals surface area contributed by atoms with Gasteiger partial charge in [-0.2, -0.15) is 0 Å². The number of carbonyl (C=O) groups is 2. The number of hydrogen-bond donors (Lipinski definition) is 3. The molecule has 0 atom stereocenters. The maximum absolute atomic E-state index is 12.9. The molecule has 184 valence electrons. The third-order valence-electron chi connectivity index (χ3n) is 6.15. The molecule has 0 radical (unpaired) electrons. The number of rotatable bonds is 7. The van der Waals surface area contributed by atoms with E-state index in [1.54, 1.807) is 0 Å². The molecule has 1 aliphatic carbocycles. The van der Waals surface area contributed by atoms with E-state index in [2.05, 4.69) is 15.6 Å². The van der Waals surface area contributed by atoms with Crippen molar-refractivity contribution in [2.24, 2.45) is 17.6 Å². The summed E-state index contributed by atoms with van der Waals surface area (Å²) in [7, 11) is 0. The van der Waals surface area contributed by atoms with E-state index in [0.29, 0.717) is 37.0 Å². The van der Waals surface area contributed by atoms with Crippen molar-refractivity contribution in [2.45, 2.75) is 65.5 Å². The van der Waals surface area contributed by atoms with Gasteiger partial charge < -0.3 is 21.1 Å². The van der Waals surface area contributed by atoms with E-state index in [1.807, 2.05) is 64.1 Å². The fourth-order valence-electron chi connectivity index (χ4n) is 4.28. The molecule has 1 saturated carbocycles. The molecule has 1 aromatic heterocycles. The molecular formula is C27H38N4O3. The molecule has 2 aromatic rings. The molecule has 0 aliphatic heterocycles. The van der Waals surface area contributed by atoms with E-state index in [1.165, 1.54) is 0 Å². The number of alkyl carbamates (subject to hydrolysis) is 1. The van der Waals surface area contributed by atoms with Crippen molar-refractivity contribution < 1.29 is 14.3 Å². The maximum atomic E-state index is 12.9. The Morgan fingerprint density at radius 1 is 1.00 bits per heavy atom. The average Bonchev–Trinajstić information content (AvgIpc) is 2.80. The molecule has 1 aliphatic rings. The molecule has 3 rings (SSSR count). The Hall–Kier alpha value is -2.93. The SMILES string of the molecule is Cc1cc(C(=O)NC[C@H]2CC[C@H](CNC(=O)OC(C)(C)C)CC2)cc(-c2ccc(CN)cc2)n1. The minimum atomic E-state index is -0.483. The lowest BCUT2D eigenvalue weighted by atomic mass is 9.82. The van der Waals surface area contributed by atoms with Crippen LogP contribution in [0.1, 0.15) is 68.1 Å². The molecule has 34 heavy (non-hydrogen) atoms. The van der Waals surface area contributed by atoms with Crippen molar-refractivity contribution in [1.82, 2.24) is 15.6 Å². The van der Waals surface area contributed by atoms with Gasteiger partial charge in [-0.25, -0.2) is 4.79 Å². The molecular weight excluding hydrogens is 428 g/mol. The van der Waals surface area contributed by atoms with Gasteiger partial charge in [0, 0.05) is 36.5 Å². The number of nitrogens with one attached hydrogen (secondary N) is 2. The third-order valence-corrected chi connectivity index (χ3v) is 6.15. The van der Waals surface area contributed by atoms with Gasteiger partial charge >= 0.3 is 6.09 Å². The van der Waals surface area contributed by atoms with Crippen molar-refractivity contribution >= 4 is 12.0 Å². The Morgan fingerprint density at radius 3 is 2.15 bits per heavy atom. The Labute approximate surface area is 202 Å². The smallest absolute Gasteiger partial charge is 0.407 e. The number of aromatic nitrogens is 1. The second-order valence-electron chi connectivity index (χ2n) is 10.3. The van der Waals surface area contributed by atoms with Gasteiger partial charge in [-0.3, -0.25) is 9.78 Å². The molecule has 4 N–H and O–H groups in total. The van der Waals surface area contributed by atoms with Crippen LogP contribution in [0.15, 0.2) is 36.4 Å². The van der Waals surface area contributed by atoms with E-state index in [0.717, 1.165) is 48.2 Å². The highest BCUT2D eigenvalue weighted by molar-refractivity contribution is 5.95. The molecule has 0 bridgehead atoms. The Bertz CT molecular complexity index is 974. The second kappa shape index (κ2) is 11.5. The van der Waals surface area contributed by atoms with Crippen molar-refractivity contribution in [1.29, 1.82) is 0 Å². The highest BCUT2D eigenvalue weighted by Crippen LogP contribution is 2.28. The predicted molar refractivity (Wildman–Crippen MR) is 134 cm³/mol. The van der Waals surface area contributed by atoms with Gasteiger partial charge in [-0.15, -0.1) is 0 Å². The lowest BCUT2D eigenvalue weighted by molar-refractivity contribution is 0.0512. The number of pyridine rings is 1. The standard InChI is InChI=1S/C27H38N4O3/c1-18-13-23(14-24(31-18)22-11-9-19(15-28)10-12-22)25(32)29-16-20-5-7-21(8-6-20)17-30-26(33)34-27(2,3)4/h9-14,20-21H,5-8,15-17,28H2,1-4H3,(H,29,32)(H,30,33)/t20-,21-. The lowest BCUT2D eigenvalue weighted by Gasteiger charge is -2.29. The Morgan fingerprint density at radius 2 is 1.59 bits per heavy atom. The first-order valence-electron chi connectivity index (χ1n) is 12.2. The van der Waals surface area contributed by atoms with Crippen molar-refractivity contribution in [3.63, 3.8) is 0 Å². The number of nitrogens with two attached hydrogens (primary N) is 1. The molecule has 1 heterocycles. The first kappa shape index (κ1) is 25.7. The topological polar surface area (TPSA) is 106 Å². The largest absolute Gasteiger partial charge is 0.444 e. The second-order valence-corrected chi connectivity index (χ2v) is 10.3. The normalized spacial score (nSPS) is 18.3. The summed E-state index contributed by atoms with van der Waals surface area (Å²) in [6.07, 6.45) is 3.79. The zero-order valence-electron chi connectivity index (χ0n) is 20.8. The fourth-order valence-corrected chi connectivity index (χ4v) is 4.28. The average molecular weight is 467 g/mol. The number of hydrogen-bond acceptors (Lipinski definition) is 5. The zero-order chi connectivity index (χ0) is 24.7. The van der Waals surface area contributed by atoms with Crippen LogP contribution >= 0.6 is 0 Å². The van der Waals surface area contributed by atoms with Crippen LogP contribution in [0, 0.1) is 18.8 Å². The molecule has 0 saturated heterocycles. The molecule has 2 amide bonds. The van der Waals surface area contributed by atoms with E-state index >= 15 is 0 Å². The first-order chi connectivity index (χ1) is 16.1. The highest BCUT2D eigenvalue weighted by Gasteiger charge is 2.23. The molecule has 7 heteroatoms. The van der Waals surface area contributed by atoms with Crippen LogP contribution in [-0.4, -0.2) is 35.7 Å². The lowest BCUT2D eigenvalue weighted by Crippen LogP contribution is -2.37. The molecule has 0 spiro atoms. The summed E-state index contributed by atoms with van der Waals surface area (Å²) < 4.78 is 5.31. The van der Waals surface area contributed by atoms with Crippen molar-refractivity contribution in [3.8, 4) is 11.3 Å². The van der Waals surface area contributed by atoms with Gasteiger partial charge in [0.15, 0.2) is 0 Å². The zero-order valence-corrected chi connectivity index (χ0v) is 20.8. The third kappa shape index (κ3) is 7.83. The number of aryl methyl sites for hydroxylation is 1. The van der Waals surface area contributed by atoms with Gasteiger partial charge in [-0.1, -0.05) is 24.3 Å². The van der Waals surface area contributed by atoms with Crippen molar-refractivity contribution in [3.05, 3.63) is 53.2 Å². The molecule has 0 unspecified atom stereocenters. The van der Waals surface area contributed by atoms with Crippen LogP contribution in [0.25, 0.3) is 11.3 Å². The van der Waals surface area contributed by atoms with Crippen LogP contribution < -0.4 is 16.4 Å². The van der Waals surface area contributed by atoms with Crippen LogP contribution in [-0.2, 0) is 11.3 Å². The van der Waals surface area contributed by atoms with E-state index < -0.39 is 5.60 Å². The van der Waals surface area contributed by atoms with E-state index in [4.69, 9.17) is 10.5 Å². The summed E-state index contributed by atoms with van der Waals surface area (Å²) in [6, 6.07) is 11.6. The molecule has 7 nitrogen and oxygen atoms in total. The maximum Gasteiger partial charge on any atom is 0.407 e. The van der Waals surface area contributed by atoms with Gasteiger partial charge in [0.25, 0.3) is 5.91 Å². The molecule has 1 aromatic carbocycles. The van der Waals surface area contributed by atoms with Gasteiger partial charge in [0.05, 0.1) is 5.69 Å². The minimum Gasteiger partial charge on any atom is -0.444 e. The Kier molecular flexibility index (Phi) is 8.67. The Balaban J connectivity index is 1.47. The summed E-state index contributed by atoms with van der Waals surface area (Å²) in [4.78, 5) is 29.3. The number of nitrogens with zero attached hydrogens (tertiary/aromatic N) is 1. The van der Waals surface area contributed by atoms with Crippen molar-refractivity contribution in [2.75, 3.05) is 13.1 Å². The summed E-state index contributed by atoms with van der Waals surface area (Å²) in [5.74, 6) is 0.836. The summed E-state index contributed by atoms with van der Waals surface area (Å²) in [6.45, 7) is 9.28. The van der Waals surface area contributed by atoms with Crippen LogP contribution in [0.2, 0.25) is 0 Å². The van der Waals surface area contributed by atoms with E-state index in [-0.39, 0.29) is 12.0 Å².